The highest BCUT2D eigenvalue weighted by atomic mass is 35.5. The number of carboxylic acids is 1. The van der Waals surface area contributed by atoms with Crippen molar-refractivity contribution < 1.29 is 14.6 Å². The van der Waals surface area contributed by atoms with E-state index in [0.717, 1.165) is 33.7 Å². The topological polar surface area (TPSA) is 111 Å². The monoisotopic (exact) mass is 388 g/mol. The quantitative estimate of drug-likeness (QED) is 0.655. The number of carbonyl (C=O) groups is 1. The molecule has 0 aliphatic carbocycles. The highest BCUT2D eigenvalue weighted by Crippen LogP contribution is 2.39. The molecular weight excluding hydrogens is 376 g/mol. The number of anilines is 1. The maximum absolute atomic E-state index is 10.8. The average molecular weight is 389 g/mol. The largest absolute Gasteiger partial charge is 0.481 e. The Morgan fingerprint density at radius 2 is 2.08 bits per heavy atom. The summed E-state index contributed by atoms with van der Waals surface area (Å²) in [5.74, 6) is -0.791. The van der Waals surface area contributed by atoms with Gasteiger partial charge in [-0.2, -0.15) is 9.97 Å². The van der Waals surface area contributed by atoms with Crippen molar-refractivity contribution in [3.63, 3.8) is 0 Å². The molecule has 1 aliphatic rings. The number of ether oxygens (including phenoxy) is 1. The van der Waals surface area contributed by atoms with Crippen LogP contribution in [0.25, 0.3) is 22.2 Å². The van der Waals surface area contributed by atoms with Crippen molar-refractivity contribution in [3.8, 4) is 11.4 Å². The summed E-state index contributed by atoms with van der Waals surface area (Å²) in [5.41, 5.74) is 8.55. The normalized spacial score (nSPS) is 13.1. The van der Waals surface area contributed by atoms with Gasteiger partial charge in [0.1, 0.15) is 0 Å². The summed E-state index contributed by atoms with van der Waals surface area (Å²) in [7, 11) is 0. The summed E-state index contributed by atoms with van der Waals surface area (Å²) in [6, 6.07) is 7.75. The summed E-state index contributed by atoms with van der Waals surface area (Å²) in [5, 5.41) is 11.6. The van der Waals surface area contributed by atoms with E-state index in [-0.39, 0.29) is 16.9 Å². The second-order valence-corrected chi connectivity index (χ2v) is 7.06. The molecule has 0 spiro atoms. The first-order valence-electron chi connectivity index (χ1n) is 7.70. The van der Waals surface area contributed by atoms with Crippen LogP contribution in [0.2, 0.25) is 5.02 Å². The summed E-state index contributed by atoms with van der Waals surface area (Å²) in [4.78, 5) is 23.4. The molecule has 3 aromatic rings. The highest BCUT2D eigenvalue weighted by molar-refractivity contribution is 7.99. The number of benzene rings is 2. The van der Waals surface area contributed by atoms with Crippen LogP contribution in [-0.4, -0.2) is 31.8 Å². The first-order chi connectivity index (χ1) is 12.5. The number of thioether (sulfide) groups is 1. The van der Waals surface area contributed by atoms with Crippen molar-refractivity contribution in [1.29, 1.82) is 0 Å². The zero-order valence-electron chi connectivity index (χ0n) is 13.4. The van der Waals surface area contributed by atoms with Crippen LogP contribution in [0.5, 0.6) is 0 Å². The van der Waals surface area contributed by atoms with Gasteiger partial charge in [0.05, 0.1) is 24.0 Å². The van der Waals surface area contributed by atoms with Gasteiger partial charge >= 0.3 is 5.97 Å². The maximum Gasteiger partial charge on any atom is 0.313 e. The van der Waals surface area contributed by atoms with Crippen molar-refractivity contribution in [2.75, 3.05) is 11.5 Å². The number of hydrogen-bond donors (Lipinski definition) is 2. The number of nitrogens with zero attached hydrogens (tertiary/aromatic N) is 3. The van der Waals surface area contributed by atoms with Gasteiger partial charge in [0.2, 0.25) is 5.95 Å². The van der Waals surface area contributed by atoms with E-state index in [4.69, 9.17) is 27.2 Å². The summed E-state index contributed by atoms with van der Waals surface area (Å²) in [6.07, 6.45) is 0. The minimum atomic E-state index is -0.963. The molecule has 0 amide bonds. The highest BCUT2D eigenvalue weighted by Gasteiger charge is 2.21. The van der Waals surface area contributed by atoms with Crippen molar-refractivity contribution >= 4 is 46.1 Å². The molecule has 0 atom stereocenters. The molecule has 0 saturated heterocycles. The molecule has 9 heteroatoms. The maximum atomic E-state index is 10.8. The lowest BCUT2D eigenvalue weighted by atomic mass is 9.94. The molecule has 1 aliphatic heterocycles. The van der Waals surface area contributed by atoms with Crippen LogP contribution >= 0.6 is 23.4 Å². The van der Waals surface area contributed by atoms with E-state index >= 15 is 0 Å². The Balaban J connectivity index is 1.91. The van der Waals surface area contributed by atoms with E-state index in [0.29, 0.717) is 29.6 Å². The molecule has 7 nitrogen and oxygen atoms in total. The Morgan fingerprint density at radius 3 is 2.88 bits per heavy atom. The van der Waals surface area contributed by atoms with Gasteiger partial charge in [-0.1, -0.05) is 41.6 Å². The molecule has 4 rings (SSSR count). The van der Waals surface area contributed by atoms with Crippen LogP contribution in [-0.2, 0) is 22.7 Å². The second kappa shape index (κ2) is 6.71. The number of nitrogens with two attached hydrogens (primary N) is 1. The minimum Gasteiger partial charge on any atom is -0.481 e. The van der Waals surface area contributed by atoms with E-state index in [1.54, 1.807) is 0 Å². The lowest BCUT2D eigenvalue weighted by Gasteiger charge is -2.20. The van der Waals surface area contributed by atoms with Gasteiger partial charge < -0.3 is 15.6 Å². The number of halogens is 1. The average Bonchev–Trinajstić information content (AvgIpc) is 2.60. The Kier molecular flexibility index (Phi) is 4.39. The fourth-order valence-corrected chi connectivity index (χ4v) is 3.90. The molecule has 0 unspecified atom stereocenters. The number of aliphatic carboxylic acids is 1. The molecule has 0 fully saturated rings. The number of carboxylic acid groups (broad SMARTS) is 1. The van der Waals surface area contributed by atoms with Gasteiger partial charge in [-0.3, -0.25) is 4.79 Å². The summed E-state index contributed by atoms with van der Waals surface area (Å²) in [6.45, 7) is 1.02. The van der Waals surface area contributed by atoms with Gasteiger partial charge in [0.15, 0.2) is 11.0 Å². The van der Waals surface area contributed by atoms with Crippen molar-refractivity contribution in [1.82, 2.24) is 15.0 Å². The van der Waals surface area contributed by atoms with Crippen LogP contribution in [0.4, 0.5) is 5.95 Å². The zero-order chi connectivity index (χ0) is 18.3. The summed E-state index contributed by atoms with van der Waals surface area (Å²) < 4.78 is 5.60. The minimum absolute atomic E-state index is 0.0164. The lowest BCUT2D eigenvalue weighted by Crippen LogP contribution is -2.07. The van der Waals surface area contributed by atoms with Gasteiger partial charge in [0, 0.05) is 5.56 Å². The van der Waals surface area contributed by atoms with E-state index in [9.17, 15) is 4.79 Å². The van der Waals surface area contributed by atoms with Crippen LogP contribution < -0.4 is 5.73 Å². The van der Waals surface area contributed by atoms with E-state index in [1.807, 2.05) is 24.3 Å². The number of rotatable bonds is 4. The van der Waals surface area contributed by atoms with Crippen molar-refractivity contribution in [2.24, 2.45) is 0 Å². The fourth-order valence-electron chi connectivity index (χ4n) is 3.02. The van der Waals surface area contributed by atoms with Gasteiger partial charge in [-0.05, 0) is 28.0 Å². The van der Waals surface area contributed by atoms with Crippen molar-refractivity contribution in [2.45, 2.75) is 18.4 Å². The van der Waals surface area contributed by atoms with Crippen LogP contribution in [0.1, 0.15) is 11.1 Å². The molecule has 132 valence electrons. The molecule has 1 aromatic heterocycles. The standard InChI is InChI=1S/C17H13ClN4O3S/c18-11-4-9-6-25-5-8-2-1-3-10(13(8)9)14(11)15-20-16(19)22-17(21-15)26-7-12(23)24/h1-4H,5-7H2,(H,23,24)(H2,19,20,21,22). The number of aromatic nitrogens is 3. The zero-order valence-corrected chi connectivity index (χ0v) is 15.0. The van der Waals surface area contributed by atoms with E-state index in [2.05, 4.69) is 15.0 Å². The molecule has 26 heavy (non-hydrogen) atoms. The first kappa shape index (κ1) is 17.0. The Hall–Kier alpha value is -2.42. The van der Waals surface area contributed by atoms with Gasteiger partial charge in [-0.15, -0.1) is 0 Å². The Morgan fingerprint density at radius 1 is 1.27 bits per heavy atom. The van der Waals surface area contributed by atoms with Gasteiger partial charge in [0.25, 0.3) is 0 Å². The van der Waals surface area contributed by atoms with Crippen molar-refractivity contribution in [3.05, 3.63) is 40.4 Å². The Labute approximate surface area is 157 Å². The molecule has 2 heterocycles. The predicted molar refractivity (Wildman–Crippen MR) is 99.0 cm³/mol. The van der Waals surface area contributed by atoms with Crippen LogP contribution in [0, 0.1) is 0 Å². The number of hydrogen-bond acceptors (Lipinski definition) is 7. The Bertz CT molecular complexity index is 1040. The first-order valence-corrected chi connectivity index (χ1v) is 9.06. The lowest BCUT2D eigenvalue weighted by molar-refractivity contribution is -0.133. The second-order valence-electron chi connectivity index (χ2n) is 5.71. The fraction of sp³-hybridized carbons (Fsp3) is 0.176. The number of nitrogen functional groups attached to an aromatic ring is 1. The smallest absolute Gasteiger partial charge is 0.313 e. The third-order valence-corrected chi connectivity index (χ3v) is 5.11. The molecule has 0 bridgehead atoms. The molecule has 2 aromatic carbocycles. The van der Waals surface area contributed by atoms with E-state index < -0.39 is 5.97 Å². The third-order valence-electron chi connectivity index (χ3n) is 3.98. The third kappa shape index (κ3) is 3.07. The van der Waals surface area contributed by atoms with Crippen LogP contribution in [0.3, 0.4) is 0 Å². The molecule has 0 saturated carbocycles. The van der Waals surface area contributed by atoms with Crippen LogP contribution in [0.15, 0.2) is 29.4 Å². The molecule has 3 N–H and O–H groups in total. The summed E-state index contributed by atoms with van der Waals surface area (Å²) >= 11 is 7.51. The molecule has 0 radical (unpaired) electrons. The van der Waals surface area contributed by atoms with E-state index in [1.165, 1.54) is 0 Å². The predicted octanol–water partition coefficient (Wildman–Crippen LogP) is 3.13. The molecular formula is C17H13ClN4O3S. The van der Waals surface area contributed by atoms with Gasteiger partial charge in [-0.25, -0.2) is 4.98 Å². The SMILES string of the molecule is Nc1nc(SCC(=O)O)nc(-c2c(Cl)cc3c4c(cccc24)COC3)n1.